The van der Waals surface area contributed by atoms with E-state index in [4.69, 9.17) is 25.5 Å². The van der Waals surface area contributed by atoms with E-state index in [1.54, 1.807) is 36.4 Å². The van der Waals surface area contributed by atoms with Crippen molar-refractivity contribution in [2.45, 2.75) is 19.5 Å². The molecule has 36 heavy (non-hydrogen) atoms. The molecule has 0 aliphatic rings. The molecular formula is C26H19ClF3NO5. The quantitative estimate of drug-likeness (QED) is 0.290. The molecule has 1 aromatic heterocycles. The van der Waals surface area contributed by atoms with Crippen LogP contribution in [0.3, 0.4) is 0 Å². The maximum Gasteiger partial charge on any atom is 0.453 e. The number of amides is 1. The van der Waals surface area contributed by atoms with Crippen molar-refractivity contribution >= 4 is 34.2 Å². The maximum absolute atomic E-state index is 13.8. The van der Waals surface area contributed by atoms with Crippen LogP contribution in [-0.2, 0) is 17.4 Å². The van der Waals surface area contributed by atoms with E-state index in [9.17, 15) is 22.8 Å². The Morgan fingerprint density at radius 3 is 2.31 bits per heavy atom. The summed E-state index contributed by atoms with van der Waals surface area (Å²) in [5.74, 6) is -2.94. The number of nitrogens with one attached hydrogen (secondary N) is 1. The fourth-order valence-corrected chi connectivity index (χ4v) is 3.44. The van der Waals surface area contributed by atoms with E-state index in [0.29, 0.717) is 10.7 Å². The Bertz CT molecular complexity index is 1450. The third kappa shape index (κ3) is 5.80. The van der Waals surface area contributed by atoms with Crippen LogP contribution < -0.4 is 20.2 Å². The molecule has 1 heterocycles. The largest absolute Gasteiger partial charge is 0.484 e. The van der Waals surface area contributed by atoms with Gasteiger partial charge in [-0.05, 0) is 60.5 Å². The first-order chi connectivity index (χ1) is 17.1. The lowest BCUT2D eigenvalue weighted by Crippen LogP contribution is -2.20. The van der Waals surface area contributed by atoms with Gasteiger partial charge in [0.05, 0.1) is 5.39 Å². The minimum atomic E-state index is -5.00. The molecule has 4 rings (SSSR count). The Morgan fingerprint density at radius 1 is 1.00 bits per heavy atom. The fourth-order valence-electron chi connectivity index (χ4n) is 3.32. The topological polar surface area (TPSA) is 77.8 Å². The summed E-state index contributed by atoms with van der Waals surface area (Å²) < 4.78 is 57.0. The summed E-state index contributed by atoms with van der Waals surface area (Å²) in [5.41, 5.74) is 0.0919. The van der Waals surface area contributed by atoms with Crippen LogP contribution >= 0.6 is 11.6 Å². The molecule has 0 atom stereocenters. The van der Waals surface area contributed by atoms with E-state index in [0.717, 1.165) is 18.1 Å². The van der Waals surface area contributed by atoms with Crippen molar-refractivity contribution in [2.75, 3.05) is 11.9 Å². The number of benzene rings is 3. The third-order valence-electron chi connectivity index (χ3n) is 5.13. The van der Waals surface area contributed by atoms with Crippen LogP contribution in [0.4, 0.5) is 18.9 Å². The van der Waals surface area contributed by atoms with Crippen molar-refractivity contribution in [1.82, 2.24) is 0 Å². The number of rotatable bonds is 7. The number of halogens is 4. The van der Waals surface area contributed by atoms with Crippen molar-refractivity contribution < 1.29 is 31.9 Å². The predicted octanol–water partition coefficient (Wildman–Crippen LogP) is 6.84. The molecule has 0 radical (unpaired) electrons. The van der Waals surface area contributed by atoms with Crippen LogP contribution in [0.1, 0.15) is 18.2 Å². The molecule has 0 unspecified atom stereocenters. The zero-order chi connectivity index (χ0) is 25.9. The van der Waals surface area contributed by atoms with Crippen LogP contribution in [0, 0.1) is 0 Å². The lowest BCUT2D eigenvalue weighted by atomic mass is 10.1. The first-order valence-corrected chi connectivity index (χ1v) is 11.1. The van der Waals surface area contributed by atoms with Crippen LogP contribution in [0.15, 0.2) is 75.9 Å². The number of aryl methyl sites for hydroxylation is 1. The van der Waals surface area contributed by atoms with Gasteiger partial charge in [0.25, 0.3) is 11.7 Å². The molecule has 0 saturated heterocycles. The number of anilines is 1. The molecule has 0 fully saturated rings. The summed E-state index contributed by atoms with van der Waals surface area (Å²) in [6.07, 6.45) is -4.26. The Kier molecular flexibility index (Phi) is 7.21. The zero-order valence-corrected chi connectivity index (χ0v) is 19.6. The Morgan fingerprint density at radius 2 is 1.67 bits per heavy atom. The lowest BCUT2D eigenvalue weighted by Gasteiger charge is -2.14. The second-order valence-corrected chi connectivity index (χ2v) is 8.12. The zero-order valence-electron chi connectivity index (χ0n) is 18.8. The number of alkyl halides is 3. The van der Waals surface area contributed by atoms with Crippen LogP contribution in [-0.4, -0.2) is 12.5 Å². The number of hydrogen-bond donors (Lipinski definition) is 1. The van der Waals surface area contributed by atoms with E-state index >= 15 is 0 Å². The Hall–Kier alpha value is -3.98. The minimum Gasteiger partial charge on any atom is -0.484 e. The number of carbonyl (C=O) groups is 1. The molecule has 0 aliphatic carbocycles. The molecule has 0 bridgehead atoms. The average Bonchev–Trinajstić information content (AvgIpc) is 2.85. The maximum atomic E-state index is 13.8. The Balaban J connectivity index is 1.59. The van der Waals surface area contributed by atoms with Gasteiger partial charge in [-0.25, -0.2) is 0 Å². The molecule has 0 spiro atoms. The fraction of sp³-hybridized carbons (Fsp3) is 0.154. The van der Waals surface area contributed by atoms with E-state index in [2.05, 4.69) is 5.32 Å². The van der Waals surface area contributed by atoms with E-state index in [1.165, 1.54) is 24.3 Å². The first kappa shape index (κ1) is 25.1. The summed E-state index contributed by atoms with van der Waals surface area (Å²) in [7, 11) is 0. The van der Waals surface area contributed by atoms with Gasteiger partial charge in [0.15, 0.2) is 6.61 Å². The highest BCUT2D eigenvalue weighted by Gasteiger charge is 2.40. The normalized spacial score (nSPS) is 11.4. The molecule has 1 amide bonds. The molecule has 6 nitrogen and oxygen atoms in total. The van der Waals surface area contributed by atoms with Crippen molar-refractivity contribution in [1.29, 1.82) is 0 Å². The van der Waals surface area contributed by atoms with Gasteiger partial charge in [0.2, 0.25) is 11.2 Å². The third-order valence-corrected chi connectivity index (χ3v) is 5.38. The van der Waals surface area contributed by atoms with Gasteiger partial charge in [0.1, 0.15) is 17.1 Å². The standard InChI is InChI=1S/C26H19ClF3NO5/c1-2-15-3-9-18(10-4-15)35-24-23(33)20-12-11-19(13-21(20)36-25(24)26(28,29)30)34-14-22(32)31-17-7-5-16(27)6-8-17/h3-13H,2,14H2,1H3,(H,31,32). The van der Waals surface area contributed by atoms with E-state index in [-0.39, 0.29) is 22.5 Å². The molecule has 3 aromatic carbocycles. The molecule has 0 saturated carbocycles. The van der Waals surface area contributed by atoms with Gasteiger partial charge >= 0.3 is 6.18 Å². The molecule has 1 N–H and O–H groups in total. The number of carbonyl (C=O) groups excluding carboxylic acids is 1. The summed E-state index contributed by atoms with van der Waals surface area (Å²) in [5, 5.41) is 2.96. The van der Waals surface area contributed by atoms with Crippen LogP contribution in [0.25, 0.3) is 11.0 Å². The van der Waals surface area contributed by atoms with Gasteiger partial charge in [-0.15, -0.1) is 0 Å². The van der Waals surface area contributed by atoms with Gasteiger partial charge in [0, 0.05) is 16.8 Å². The first-order valence-electron chi connectivity index (χ1n) is 10.8. The molecule has 186 valence electrons. The van der Waals surface area contributed by atoms with Gasteiger partial charge < -0.3 is 19.2 Å². The second kappa shape index (κ2) is 10.3. The molecule has 10 heteroatoms. The number of fused-ring (bicyclic) bond motifs is 1. The molecule has 0 aliphatic heterocycles. The van der Waals surface area contributed by atoms with Gasteiger partial charge in [-0.1, -0.05) is 30.7 Å². The second-order valence-electron chi connectivity index (χ2n) is 7.69. The minimum absolute atomic E-state index is 0.0360. The SMILES string of the molecule is CCc1ccc(Oc2c(C(F)(F)F)oc3cc(OCC(=O)Nc4ccc(Cl)cc4)ccc3c2=O)cc1. The van der Waals surface area contributed by atoms with Crippen molar-refractivity contribution in [3.8, 4) is 17.2 Å². The van der Waals surface area contributed by atoms with Gasteiger partial charge in [-0.2, -0.15) is 13.2 Å². The van der Waals surface area contributed by atoms with E-state index in [1.807, 2.05) is 6.92 Å². The lowest BCUT2D eigenvalue weighted by molar-refractivity contribution is -0.154. The van der Waals surface area contributed by atoms with Crippen molar-refractivity contribution in [3.63, 3.8) is 0 Å². The smallest absolute Gasteiger partial charge is 0.453 e. The summed E-state index contributed by atoms with van der Waals surface area (Å²) >= 11 is 5.80. The van der Waals surface area contributed by atoms with E-state index < -0.39 is 35.6 Å². The highest BCUT2D eigenvalue weighted by Crippen LogP contribution is 2.38. The monoisotopic (exact) mass is 517 g/mol. The van der Waals surface area contributed by atoms with Crippen molar-refractivity contribution in [3.05, 3.63) is 93.3 Å². The summed E-state index contributed by atoms with van der Waals surface area (Å²) in [4.78, 5) is 25.1. The molecular weight excluding hydrogens is 499 g/mol. The van der Waals surface area contributed by atoms with Crippen molar-refractivity contribution in [2.24, 2.45) is 0 Å². The Labute approximate surface area is 208 Å². The highest BCUT2D eigenvalue weighted by atomic mass is 35.5. The summed E-state index contributed by atoms with van der Waals surface area (Å²) in [6, 6.07) is 16.5. The number of ether oxygens (including phenoxy) is 2. The van der Waals surface area contributed by atoms with Crippen LogP contribution in [0.2, 0.25) is 5.02 Å². The van der Waals surface area contributed by atoms with Crippen LogP contribution in [0.5, 0.6) is 17.2 Å². The highest BCUT2D eigenvalue weighted by molar-refractivity contribution is 6.30. The summed E-state index contributed by atoms with van der Waals surface area (Å²) in [6.45, 7) is 1.50. The predicted molar refractivity (Wildman–Crippen MR) is 129 cm³/mol. The average molecular weight is 518 g/mol. The number of hydrogen-bond acceptors (Lipinski definition) is 5. The molecule has 4 aromatic rings. The van der Waals surface area contributed by atoms with Gasteiger partial charge in [-0.3, -0.25) is 9.59 Å².